The molecule has 0 aliphatic carbocycles. The number of aromatic nitrogens is 2. The molecule has 1 fully saturated rings. The van der Waals surface area contributed by atoms with Crippen LogP contribution in [0.5, 0.6) is 0 Å². The molecule has 7 heteroatoms. The third-order valence-corrected chi connectivity index (χ3v) is 4.72. The van der Waals surface area contributed by atoms with Gasteiger partial charge < -0.3 is 4.90 Å². The molecule has 1 aliphatic rings. The molecule has 0 radical (unpaired) electrons. The Kier molecular flexibility index (Phi) is 5.71. The zero-order valence-corrected chi connectivity index (χ0v) is 15.0. The molecule has 1 atom stereocenters. The summed E-state index contributed by atoms with van der Waals surface area (Å²) in [6.07, 6.45) is 3.29. The van der Waals surface area contributed by atoms with Gasteiger partial charge in [-0.15, -0.1) is 0 Å². The van der Waals surface area contributed by atoms with Gasteiger partial charge in [-0.25, -0.2) is 4.39 Å². The maximum Gasteiger partial charge on any atom is 0.227 e. The number of hydrogen-bond donors (Lipinski definition) is 0. The number of carbonyl (C=O) groups excluding carboxylic acids is 1. The Bertz CT molecular complexity index is 727. The Balaban J connectivity index is 1.49. The summed E-state index contributed by atoms with van der Waals surface area (Å²) in [4.78, 5) is 16.7. The largest absolute Gasteiger partial charge is 0.340 e. The van der Waals surface area contributed by atoms with Crippen LogP contribution in [0.2, 0.25) is 5.02 Å². The molecule has 25 heavy (non-hydrogen) atoms. The Morgan fingerprint density at radius 2 is 2.00 bits per heavy atom. The number of rotatable bonds is 5. The predicted octanol–water partition coefficient (Wildman–Crippen LogP) is 2.66. The SMILES string of the molecule is CC(Cn1cc(Cl)cn1)C(=O)N1CCN(Cc2ccccc2F)CC1. The molecule has 2 heterocycles. The highest BCUT2D eigenvalue weighted by Crippen LogP contribution is 2.14. The fourth-order valence-corrected chi connectivity index (χ4v) is 3.26. The third kappa shape index (κ3) is 4.58. The molecule has 1 saturated heterocycles. The number of benzene rings is 1. The summed E-state index contributed by atoms with van der Waals surface area (Å²) in [5.74, 6) is -0.209. The number of piperazine rings is 1. The van der Waals surface area contributed by atoms with Gasteiger partial charge in [0.1, 0.15) is 5.82 Å². The summed E-state index contributed by atoms with van der Waals surface area (Å²) in [7, 11) is 0. The molecule has 0 N–H and O–H groups in total. The van der Waals surface area contributed by atoms with Crippen molar-refractivity contribution in [3.05, 3.63) is 53.1 Å². The summed E-state index contributed by atoms with van der Waals surface area (Å²) in [5.41, 5.74) is 0.700. The maximum atomic E-state index is 13.8. The average Bonchev–Trinajstić information content (AvgIpc) is 3.02. The summed E-state index contributed by atoms with van der Waals surface area (Å²) in [5, 5.41) is 4.69. The number of halogens is 2. The number of carbonyl (C=O) groups is 1. The van der Waals surface area contributed by atoms with Gasteiger partial charge in [0.15, 0.2) is 0 Å². The zero-order valence-electron chi connectivity index (χ0n) is 14.2. The minimum atomic E-state index is -0.174. The summed E-state index contributed by atoms with van der Waals surface area (Å²) >= 11 is 5.85. The fraction of sp³-hybridized carbons (Fsp3) is 0.444. The van der Waals surface area contributed by atoms with E-state index in [0.29, 0.717) is 36.8 Å². The van der Waals surface area contributed by atoms with Gasteiger partial charge in [-0.2, -0.15) is 5.10 Å². The lowest BCUT2D eigenvalue weighted by atomic mass is 10.1. The lowest BCUT2D eigenvalue weighted by Gasteiger charge is -2.36. The van der Waals surface area contributed by atoms with E-state index in [1.54, 1.807) is 23.1 Å². The standard InChI is InChI=1S/C18H22ClFN4O/c1-14(11-24-13-16(19)10-21-24)18(25)23-8-6-22(7-9-23)12-15-4-2-3-5-17(15)20/h2-5,10,13-14H,6-9,11-12H2,1H3. The smallest absolute Gasteiger partial charge is 0.227 e. The summed E-state index contributed by atoms with van der Waals surface area (Å²) < 4.78 is 15.4. The molecular formula is C18H22ClFN4O. The van der Waals surface area contributed by atoms with Crippen molar-refractivity contribution in [1.82, 2.24) is 19.6 Å². The first-order valence-corrected chi connectivity index (χ1v) is 8.83. The van der Waals surface area contributed by atoms with Crippen LogP contribution >= 0.6 is 11.6 Å². The van der Waals surface area contributed by atoms with Crippen molar-refractivity contribution >= 4 is 17.5 Å². The highest BCUT2D eigenvalue weighted by atomic mass is 35.5. The van der Waals surface area contributed by atoms with Gasteiger partial charge in [0.25, 0.3) is 0 Å². The van der Waals surface area contributed by atoms with E-state index in [0.717, 1.165) is 13.1 Å². The lowest BCUT2D eigenvalue weighted by molar-refractivity contribution is -0.137. The van der Waals surface area contributed by atoms with Crippen LogP contribution < -0.4 is 0 Å². The zero-order chi connectivity index (χ0) is 17.8. The van der Waals surface area contributed by atoms with Crippen molar-refractivity contribution in [1.29, 1.82) is 0 Å². The third-order valence-electron chi connectivity index (χ3n) is 4.52. The first kappa shape index (κ1) is 17.9. The van der Waals surface area contributed by atoms with Gasteiger partial charge in [-0.3, -0.25) is 14.4 Å². The van der Waals surface area contributed by atoms with Crippen molar-refractivity contribution < 1.29 is 9.18 Å². The second-order valence-electron chi connectivity index (χ2n) is 6.47. The fourth-order valence-electron chi connectivity index (χ4n) is 3.10. The van der Waals surface area contributed by atoms with Gasteiger partial charge in [0, 0.05) is 44.5 Å². The van der Waals surface area contributed by atoms with E-state index in [2.05, 4.69) is 10.00 Å². The molecule has 0 spiro atoms. The molecule has 1 aliphatic heterocycles. The number of hydrogen-bond acceptors (Lipinski definition) is 3. The molecule has 3 rings (SSSR count). The van der Waals surface area contributed by atoms with E-state index in [9.17, 15) is 9.18 Å². The minimum Gasteiger partial charge on any atom is -0.340 e. The van der Waals surface area contributed by atoms with E-state index in [1.165, 1.54) is 6.07 Å². The first-order chi connectivity index (χ1) is 12.0. The molecule has 1 amide bonds. The normalized spacial score (nSPS) is 16.8. The van der Waals surface area contributed by atoms with Crippen LogP contribution in [0.3, 0.4) is 0 Å². The van der Waals surface area contributed by atoms with Crippen molar-refractivity contribution in [2.24, 2.45) is 5.92 Å². The maximum absolute atomic E-state index is 13.8. The van der Waals surface area contributed by atoms with Crippen molar-refractivity contribution in [2.45, 2.75) is 20.0 Å². The Labute approximate surface area is 152 Å². The molecule has 0 bridgehead atoms. The van der Waals surface area contributed by atoms with Gasteiger partial charge in [0.05, 0.1) is 23.7 Å². The topological polar surface area (TPSA) is 41.4 Å². The molecular weight excluding hydrogens is 343 g/mol. The van der Waals surface area contributed by atoms with Crippen molar-refractivity contribution in [3.63, 3.8) is 0 Å². The van der Waals surface area contributed by atoms with E-state index < -0.39 is 0 Å². The Hall–Kier alpha value is -1.92. The van der Waals surface area contributed by atoms with Crippen LogP contribution in [0.1, 0.15) is 12.5 Å². The van der Waals surface area contributed by atoms with Crippen molar-refractivity contribution in [3.8, 4) is 0 Å². The van der Waals surface area contributed by atoms with Crippen LogP contribution in [0.4, 0.5) is 4.39 Å². The average molecular weight is 365 g/mol. The monoisotopic (exact) mass is 364 g/mol. The quantitative estimate of drug-likeness (QED) is 0.819. The second kappa shape index (κ2) is 7.97. The summed E-state index contributed by atoms with van der Waals surface area (Å²) in [6.45, 7) is 5.83. The van der Waals surface area contributed by atoms with Crippen molar-refractivity contribution in [2.75, 3.05) is 26.2 Å². The molecule has 2 aromatic rings. The van der Waals surface area contributed by atoms with Crippen LogP contribution in [-0.2, 0) is 17.9 Å². The number of nitrogens with zero attached hydrogens (tertiary/aromatic N) is 4. The lowest BCUT2D eigenvalue weighted by Crippen LogP contribution is -2.50. The highest BCUT2D eigenvalue weighted by Gasteiger charge is 2.25. The molecule has 134 valence electrons. The van der Waals surface area contributed by atoms with Gasteiger partial charge in [0.2, 0.25) is 5.91 Å². The van der Waals surface area contributed by atoms with E-state index >= 15 is 0 Å². The van der Waals surface area contributed by atoms with Gasteiger partial charge in [-0.1, -0.05) is 36.7 Å². The Morgan fingerprint density at radius 1 is 1.28 bits per heavy atom. The predicted molar refractivity (Wildman–Crippen MR) is 94.7 cm³/mol. The second-order valence-corrected chi connectivity index (χ2v) is 6.91. The van der Waals surface area contributed by atoms with Crippen LogP contribution in [0, 0.1) is 11.7 Å². The molecule has 5 nitrogen and oxygen atoms in total. The molecule has 0 saturated carbocycles. The Morgan fingerprint density at radius 3 is 2.64 bits per heavy atom. The highest BCUT2D eigenvalue weighted by molar-refractivity contribution is 6.30. The minimum absolute atomic E-state index is 0.122. The van der Waals surface area contributed by atoms with E-state index in [4.69, 9.17) is 11.6 Å². The number of amides is 1. The summed E-state index contributed by atoms with van der Waals surface area (Å²) in [6, 6.07) is 6.84. The van der Waals surface area contributed by atoms with Crippen LogP contribution in [0.25, 0.3) is 0 Å². The molecule has 1 aromatic heterocycles. The van der Waals surface area contributed by atoms with Crippen LogP contribution in [-0.4, -0.2) is 51.7 Å². The molecule has 1 aromatic carbocycles. The van der Waals surface area contributed by atoms with Crippen LogP contribution in [0.15, 0.2) is 36.7 Å². The molecule has 1 unspecified atom stereocenters. The van der Waals surface area contributed by atoms with E-state index in [1.807, 2.05) is 24.0 Å². The van der Waals surface area contributed by atoms with Gasteiger partial charge >= 0.3 is 0 Å². The van der Waals surface area contributed by atoms with E-state index in [-0.39, 0.29) is 17.6 Å². The van der Waals surface area contributed by atoms with Gasteiger partial charge in [-0.05, 0) is 6.07 Å². The first-order valence-electron chi connectivity index (χ1n) is 8.45.